The van der Waals surface area contributed by atoms with Gasteiger partial charge in [-0.25, -0.2) is 4.39 Å². The van der Waals surface area contributed by atoms with Crippen molar-refractivity contribution in [1.82, 2.24) is 5.32 Å². The maximum Gasteiger partial charge on any atom is 0.161 e. The van der Waals surface area contributed by atoms with Gasteiger partial charge in [0.15, 0.2) is 11.5 Å². The van der Waals surface area contributed by atoms with Gasteiger partial charge >= 0.3 is 0 Å². The fraction of sp³-hybridized carbons (Fsp3) is 0.182. The average Bonchev–Trinajstić information content (AvgIpc) is 2.69. The van der Waals surface area contributed by atoms with E-state index in [2.05, 4.69) is 5.32 Å². The molecule has 3 aromatic carbocycles. The molecule has 0 aromatic heterocycles. The lowest BCUT2D eigenvalue weighted by atomic mass is 10.1. The summed E-state index contributed by atoms with van der Waals surface area (Å²) < 4.78 is 24.3. The Bertz CT molecular complexity index is 912. The lowest BCUT2D eigenvalue weighted by Crippen LogP contribution is -2.12. The molecule has 0 radical (unpaired) electrons. The Morgan fingerprint density at radius 3 is 2.18 bits per heavy atom. The van der Waals surface area contributed by atoms with Crippen molar-refractivity contribution in [2.24, 2.45) is 0 Å². The van der Waals surface area contributed by atoms with E-state index < -0.39 is 0 Å². The average molecular weight is 420 g/mol. The summed E-state index contributed by atoms with van der Waals surface area (Å²) in [5.41, 5.74) is 2.80. The molecule has 3 rings (SSSR count). The summed E-state index contributed by atoms with van der Waals surface area (Å²) in [5.74, 6) is 1.01. The molecule has 0 spiro atoms. The highest BCUT2D eigenvalue weighted by Crippen LogP contribution is 2.31. The summed E-state index contributed by atoms with van der Waals surface area (Å²) in [6.45, 7) is 1.53. The maximum absolute atomic E-state index is 12.9. The predicted octanol–water partition coefficient (Wildman–Crippen LogP) is 6.01. The Morgan fingerprint density at radius 2 is 1.50 bits per heavy atom. The zero-order valence-electron chi connectivity index (χ0n) is 15.3. The van der Waals surface area contributed by atoms with E-state index in [0.29, 0.717) is 34.6 Å². The van der Waals surface area contributed by atoms with E-state index in [1.54, 1.807) is 37.4 Å². The van der Waals surface area contributed by atoms with Crippen molar-refractivity contribution in [2.45, 2.75) is 19.7 Å². The van der Waals surface area contributed by atoms with Crippen LogP contribution in [0.4, 0.5) is 4.39 Å². The van der Waals surface area contributed by atoms with Crippen LogP contribution in [0.2, 0.25) is 10.0 Å². The minimum Gasteiger partial charge on any atom is -0.493 e. The summed E-state index contributed by atoms with van der Waals surface area (Å²) in [6.07, 6.45) is 0. The Labute approximate surface area is 174 Å². The monoisotopic (exact) mass is 419 g/mol. The lowest BCUT2D eigenvalue weighted by Gasteiger charge is -2.14. The van der Waals surface area contributed by atoms with E-state index in [4.69, 9.17) is 32.7 Å². The van der Waals surface area contributed by atoms with E-state index in [-0.39, 0.29) is 12.4 Å². The molecule has 3 aromatic rings. The van der Waals surface area contributed by atoms with Crippen LogP contribution >= 0.6 is 23.2 Å². The van der Waals surface area contributed by atoms with Crippen molar-refractivity contribution in [3.8, 4) is 11.5 Å². The van der Waals surface area contributed by atoms with Gasteiger partial charge in [-0.15, -0.1) is 0 Å². The van der Waals surface area contributed by atoms with Gasteiger partial charge in [-0.05, 0) is 47.5 Å². The molecule has 3 nitrogen and oxygen atoms in total. The van der Waals surface area contributed by atoms with Gasteiger partial charge in [-0.2, -0.15) is 0 Å². The largest absolute Gasteiger partial charge is 0.493 e. The van der Waals surface area contributed by atoms with Gasteiger partial charge < -0.3 is 14.8 Å². The van der Waals surface area contributed by atoms with Gasteiger partial charge in [-0.1, -0.05) is 47.5 Å². The molecular weight excluding hydrogens is 400 g/mol. The number of halogens is 3. The Morgan fingerprint density at radius 1 is 0.857 bits per heavy atom. The molecule has 28 heavy (non-hydrogen) atoms. The zero-order valence-corrected chi connectivity index (χ0v) is 16.9. The zero-order chi connectivity index (χ0) is 19.9. The minimum atomic E-state index is -0.234. The summed E-state index contributed by atoms with van der Waals surface area (Å²) in [5, 5.41) is 4.45. The topological polar surface area (TPSA) is 30.5 Å². The first-order valence-electron chi connectivity index (χ1n) is 8.74. The molecule has 1 N–H and O–H groups in total. The van der Waals surface area contributed by atoms with Crippen LogP contribution < -0.4 is 14.8 Å². The van der Waals surface area contributed by atoms with Crippen LogP contribution in [0.15, 0.2) is 60.7 Å². The van der Waals surface area contributed by atoms with Crippen LogP contribution in [0.1, 0.15) is 16.7 Å². The number of nitrogens with one attached hydrogen (secondary N) is 1. The number of hydrogen-bond donors (Lipinski definition) is 1. The molecule has 0 unspecified atom stereocenters. The molecular formula is C22H20Cl2FNO2. The molecule has 0 amide bonds. The van der Waals surface area contributed by atoms with E-state index in [1.807, 2.05) is 18.2 Å². The van der Waals surface area contributed by atoms with Crippen molar-refractivity contribution >= 4 is 23.2 Å². The molecule has 0 saturated carbocycles. The third-order valence-electron chi connectivity index (χ3n) is 4.23. The number of methoxy groups -OCH3 is 1. The van der Waals surface area contributed by atoms with Gasteiger partial charge in [0.25, 0.3) is 0 Å². The van der Waals surface area contributed by atoms with Crippen LogP contribution in [0.5, 0.6) is 11.5 Å². The molecule has 0 aliphatic rings. The fourth-order valence-electron chi connectivity index (χ4n) is 2.71. The van der Waals surface area contributed by atoms with Gasteiger partial charge in [0.2, 0.25) is 0 Å². The van der Waals surface area contributed by atoms with Crippen molar-refractivity contribution in [2.75, 3.05) is 7.11 Å². The number of rotatable bonds is 8. The van der Waals surface area contributed by atoms with Crippen molar-refractivity contribution in [1.29, 1.82) is 0 Å². The molecule has 0 saturated heterocycles. The molecule has 0 atom stereocenters. The third-order valence-corrected chi connectivity index (χ3v) is 4.94. The van der Waals surface area contributed by atoms with Gasteiger partial charge in [0.1, 0.15) is 12.4 Å². The third kappa shape index (κ3) is 5.38. The van der Waals surface area contributed by atoms with Gasteiger partial charge in [0.05, 0.1) is 7.11 Å². The van der Waals surface area contributed by atoms with Crippen LogP contribution in [0.25, 0.3) is 0 Å². The van der Waals surface area contributed by atoms with Crippen LogP contribution in [0.3, 0.4) is 0 Å². The minimum absolute atomic E-state index is 0.234. The van der Waals surface area contributed by atoms with E-state index in [0.717, 1.165) is 16.7 Å². The van der Waals surface area contributed by atoms with Crippen LogP contribution in [-0.2, 0) is 19.7 Å². The molecule has 0 aliphatic carbocycles. The molecule has 146 valence electrons. The summed E-state index contributed by atoms with van der Waals surface area (Å²) in [6, 6.07) is 17.5. The van der Waals surface area contributed by atoms with E-state index in [1.165, 1.54) is 12.1 Å². The standard InChI is InChI=1S/C22H20Cl2FNO2/c1-27-22-11-16(13-26-12-15-5-8-17(25)9-6-15)7-10-21(22)28-14-18-19(23)3-2-4-20(18)24/h2-11,26H,12-14H2,1H3. The number of ether oxygens (including phenoxy) is 2. The normalized spacial score (nSPS) is 10.7. The van der Waals surface area contributed by atoms with Crippen molar-refractivity contribution < 1.29 is 13.9 Å². The summed E-state index contributed by atoms with van der Waals surface area (Å²) in [4.78, 5) is 0. The van der Waals surface area contributed by atoms with Crippen molar-refractivity contribution in [3.63, 3.8) is 0 Å². The highest BCUT2D eigenvalue weighted by Gasteiger charge is 2.10. The second-order valence-electron chi connectivity index (χ2n) is 6.20. The first-order valence-corrected chi connectivity index (χ1v) is 9.50. The number of benzene rings is 3. The van der Waals surface area contributed by atoms with Gasteiger partial charge in [0, 0.05) is 28.7 Å². The molecule has 0 aliphatic heterocycles. The number of hydrogen-bond acceptors (Lipinski definition) is 3. The lowest BCUT2D eigenvalue weighted by molar-refractivity contribution is 0.284. The molecule has 0 heterocycles. The summed E-state index contributed by atoms with van der Waals surface area (Å²) in [7, 11) is 1.60. The fourth-order valence-corrected chi connectivity index (χ4v) is 3.22. The quantitative estimate of drug-likeness (QED) is 0.484. The highest BCUT2D eigenvalue weighted by molar-refractivity contribution is 6.35. The highest BCUT2D eigenvalue weighted by atomic mass is 35.5. The van der Waals surface area contributed by atoms with Gasteiger partial charge in [-0.3, -0.25) is 0 Å². The maximum atomic E-state index is 12.9. The Kier molecular flexibility index (Phi) is 7.15. The SMILES string of the molecule is COc1cc(CNCc2ccc(F)cc2)ccc1OCc1c(Cl)cccc1Cl. The molecule has 0 bridgehead atoms. The first-order chi connectivity index (χ1) is 13.6. The first kappa shape index (κ1) is 20.5. The molecule has 6 heteroatoms. The predicted molar refractivity (Wildman–Crippen MR) is 111 cm³/mol. The van der Waals surface area contributed by atoms with Crippen molar-refractivity contribution in [3.05, 3.63) is 93.2 Å². The van der Waals surface area contributed by atoms with Crippen LogP contribution in [0, 0.1) is 5.82 Å². The van der Waals surface area contributed by atoms with E-state index in [9.17, 15) is 4.39 Å². The second kappa shape index (κ2) is 9.78. The summed E-state index contributed by atoms with van der Waals surface area (Å²) >= 11 is 12.4. The van der Waals surface area contributed by atoms with E-state index >= 15 is 0 Å². The second-order valence-corrected chi connectivity index (χ2v) is 7.02. The van der Waals surface area contributed by atoms with Crippen LogP contribution in [-0.4, -0.2) is 7.11 Å². The molecule has 0 fully saturated rings. The smallest absolute Gasteiger partial charge is 0.161 e. The Hall–Kier alpha value is -2.27. The Balaban J connectivity index is 1.61.